The molecule has 0 atom stereocenters. The minimum absolute atomic E-state index is 0.158. The molecule has 0 saturated carbocycles. The quantitative estimate of drug-likeness (QED) is 0.701. The van der Waals surface area contributed by atoms with Crippen molar-refractivity contribution in [3.63, 3.8) is 0 Å². The van der Waals surface area contributed by atoms with Crippen molar-refractivity contribution in [2.24, 2.45) is 0 Å². The van der Waals surface area contributed by atoms with Crippen molar-refractivity contribution < 1.29 is 9.59 Å². The highest BCUT2D eigenvalue weighted by Gasteiger charge is 2.15. The highest BCUT2D eigenvalue weighted by Crippen LogP contribution is 2.22. The summed E-state index contributed by atoms with van der Waals surface area (Å²) in [5.74, 6) is -0.322. The number of hydrogen-bond donors (Lipinski definition) is 2. The fraction of sp³-hybridized carbons (Fsp3) is 0.211. The van der Waals surface area contributed by atoms with Crippen LogP contribution in [0.15, 0.2) is 47.2 Å². The molecule has 0 fully saturated rings. The van der Waals surface area contributed by atoms with Crippen LogP contribution in [0.25, 0.3) is 5.69 Å². The Morgan fingerprint density at radius 1 is 1.15 bits per heavy atom. The van der Waals surface area contributed by atoms with Crippen LogP contribution in [-0.4, -0.2) is 28.1 Å². The normalized spacial score (nSPS) is 10.5. The Morgan fingerprint density at radius 2 is 1.92 bits per heavy atom. The number of nitrogens with one attached hydrogen (secondary N) is 2. The molecule has 0 spiro atoms. The van der Waals surface area contributed by atoms with E-state index in [0.29, 0.717) is 11.3 Å². The SMILES string of the molecule is Cc1nn(-c2ccccc2)c(C)c1NC(=O)CCNC(=O)c1ccsc1. The van der Waals surface area contributed by atoms with Gasteiger partial charge in [0.25, 0.3) is 5.91 Å². The van der Waals surface area contributed by atoms with E-state index in [1.165, 1.54) is 11.3 Å². The molecule has 6 nitrogen and oxygen atoms in total. The predicted molar refractivity (Wildman–Crippen MR) is 103 cm³/mol. The van der Waals surface area contributed by atoms with Gasteiger partial charge >= 0.3 is 0 Å². The summed E-state index contributed by atoms with van der Waals surface area (Å²) in [6.07, 6.45) is 0.200. The molecule has 0 saturated heterocycles. The third-order valence-corrected chi connectivity index (χ3v) is 4.66. The molecule has 0 unspecified atom stereocenters. The average molecular weight is 368 g/mol. The van der Waals surface area contributed by atoms with Gasteiger partial charge < -0.3 is 10.6 Å². The first kappa shape index (κ1) is 17.9. The molecule has 2 heterocycles. The lowest BCUT2D eigenvalue weighted by Gasteiger charge is -2.08. The van der Waals surface area contributed by atoms with Gasteiger partial charge in [-0.25, -0.2) is 4.68 Å². The van der Waals surface area contributed by atoms with E-state index in [9.17, 15) is 9.59 Å². The van der Waals surface area contributed by atoms with E-state index in [1.54, 1.807) is 11.4 Å². The number of amides is 2. The number of nitrogens with zero attached hydrogens (tertiary/aromatic N) is 2. The molecule has 0 radical (unpaired) electrons. The molecule has 0 aliphatic rings. The maximum atomic E-state index is 12.2. The van der Waals surface area contributed by atoms with Crippen LogP contribution >= 0.6 is 11.3 Å². The van der Waals surface area contributed by atoms with Gasteiger partial charge in [0, 0.05) is 23.9 Å². The largest absolute Gasteiger partial charge is 0.351 e. The summed E-state index contributed by atoms with van der Waals surface area (Å²) in [5, 5.41) is 13.8. The minimum Gasteiger partial charge on any atom is -0.351 e. The lowest BCUT2D eigenvalue weighted by atomic mass is 10.2. The Balaban J connectivity index is 1.59. The lowest BCUT2D eigenvalue weighted by molar-refractivity contribution is -0.116. The Labute approximate surface area is 155 Å². The average Bonchev–Trinajstić information content (AvgIpc) is 3.27. The summed E-state index contributed by atoms with van der Waals surface area (Å²) >= 11 is 1.46. The van der Waals surface area contributed by atoms with Crippen LogP contribution in [0.3, 0.4) is 0 Å². The fourth-order valence-electron chi connectivity index (χ4n) is 2.63. The topological polar surface area (TPSA) is 76.0 Å². The Hall–Kier alpha value is -2.93. The molecular formula is C19H20N4O2S. The molecule has 0 aliphatic carbocycles. The van der Waals surface area contributed by atoms with Crippen LogP contribution < -0.4 is 10.6 Å². The van der Waals surface area contributed by atoms with E-state index in [1.807, 2.05) is 54.2 Å². The molecule has 2 N–H and O–H groups in total. The molecule has 2 amide bonds. The number of aryl methyl sites for hydroxylation is 1. The molecule has 2 aromatic heterocycles. The zero-order chi connectivity index (χ0) is 18.5. The summed E-state index contributed by atoms with van der Waals surface area (Å²) in [5.41, 5.74) is 3.89. The number of anilines is 1. The number of rotatable bonds is 6. The monoisotopic (exact) mass is 368 g/mol. The lowest BCUT2D eigenvalue weighted by Crippen LogP contribution is -2.27. The zero-order valence-electron chi connectivity index (χ0n) is 14.7. The summed E-state index contributed by atoms with van der Waals surface area (Å²) < 4.78 is 1.81. The van der Waals surface area contributed by atoms with Crippen molar-refractivity contribution in [1.29, 1.82) is 0 Å². The molecule has 1 aromatic carbocycles. The number of thiophene rings is 1. The summed E-state index contributed by atoms with van der Waals surface area (Å²) in [6.45, 7) is 4.06. The second-order valence-electron chi connectivity index (χ2n) is 5.86. The standard InChI is InChI=1S/C19H20N4O2S/c1-13-18(14(2)23(22-13)16-6-4-3-5-7-16)21-17(24)8-10-20-19(25)15-9-11-26-12-15/h3-7,9,11-12H,8,10H2,1-2H3,(H,20,25)(H,21,24). The Morgan fingerprint density at radius 3 is 2.62 bits per heavy atom. The maximum Gasteiger partial charge on any atom is 0.252 e. The molecule has 134 valence electrons. The van der Waals surface area contributed by atoms with E-state index >= 15 is 0 Å². The smallest absolute Gasteiger partial charge is 0.252 e. The van der Waals surface area contributed by atoms with Gasteiger partial charge in [0.05, 0.1) is 22.8 Å². The number of aromatic nitrogens is 2. The third kappa shape index (κ3) is 4.00. The fourth-order valence-corrected chi connectivity index (χ4v) is 3.27. The van der Waals surface area contributed by atoms with Gasteiger partial charge in [-0.3, -0.25) is 9.59 Å². The van der Waals surface area contributed by atoms with Gasteiger partial charge in [0.15, 0.2) is 0 Å². The predicted octanol–water partition coefficient (Wildman–Crippen LogP) is 3.31. The number of carbonyl (C=O) groups is 2. The van der Waals surface area contributed by atoms with Crippen molar-refractivity contribution >= 4 is 28.8 Å². The van der Waals surface area contributed by atoms with Crippen LogP contribution in [0.1, 0.15) is 28.2 Å². The second-order valence-corrected chi connectivity index (χ2v) is 6.64. The summed E-state index contributed by atoms with van der Waals surface area (Å²) in [7, 11) is 0. The van der Waals surface area contributed by atoms with Gasteiger partial charge in [0.1, 0.15) is 0 Å². The molecule has 7 heteroatoms. The zero-order valence-corrected chi connectivity index (χ0v) is 15.5. The van der Waals surface area contributed by atoms with E-state index in [-0.39, 0.29) is 24.8 Å². The Kier molecular flexibility index (Phi) is 5.48. The maximum absolute atomic E-state index is 12.2. The molecule has 3 rings (SSSR count). The van der Waals surface area contributed by atoms with Crippen LogP contribution in [0.5, 0.6) is 0 Å². The van der Waals surface area contributed by atoms with Gasteiger partial charge in [-0.15, -0.1) is 0 Å². The van der Waals surface area contributed by atoms with Crippen LogP contribution in [0, 0.1) is 13.8 Å². The minimum atomic E-state index is -0.164. The van der Waals surface area contributed by atoms with Gasteiger partial charge in [-0.2, -0.15) is 16.4 Å². The molecule has 0 aliphatic heterocycles. The molecular weight excluding hydrogens is 348 g/mol. The van der Waals surface area contributed by atoms with E-state index in [0.717, 1.165) is 17.1 Å². The van der Waals surface area contributed by atoms with E-state index < -0.39 is 0 Å². The first-order valence-corrected chi connectivity index (χ1v) is 9.22. The van der Waals surface area contributed by atoms with E-state index in [2.05, 4.69) is 15.7 Å². The molecule has 0 bridgehead atoms. The van der Waals surface area contributed by atoms with Crippen molar-refractivity contribution in [1.82, 2.24) is 15.1 Å². The van der Waals surface area contributed by atoms with E-state index in [4.69, 9.17) is 0 Å². The van der Waals surface area contributed by atoms with Crippen molar-refractivity contribution in [3.8, 4) is 5.69 Å². The first-order valence-electron chi connectivity index (χ1n) is 8.28. The first-order chi connectivity index (χ1) is 12.6. The molecule has 3 aromatic rings. The highest BCUT2D eigenvalue weighted by molar-refractivity contribution is 7.08. The Bertz CT molecular complexity index is 901. The highest BCUT2D eigenvalue weighted by atomic mass is 32.1. The third-order valence-electron chi connectivity index (χ3n) is 3.98. The van der Waals surface area contributed by atoms with Gasteiger partial charge in [-0.1, -0.05) is 18.2 Å². The molecule has 26 heavy (non-hydrogen) atoms. The van der Waals surface area contributed by atoms with Crippen LogP contribution in [0.4, 0.5) is 5.69 Å². The number of hydrogen-bond acceptors (Lipinski definition) is 4. The van der Waals surface area contributed by atoms with Crippen molar-refractivity contribution in [2.45, 2.75) is 20.3 Å². The van der Waals surface area contributed by atoms with Crippen LogP contribution in [-0.2, 0) is 4.79 Å². The number of para-hydroxylation sites is 1. The van der Waals surface area contributed by atoms with Crippen molar-refractivity contribution in [2.75, 3.05) is 11.9 Å². The summed E-state index contributed by atoms with van der Waals surface area (Å²) in [6, 6.07) is 11.5. The van der Waals surface area contributed by atoms with Crippen molar-refractivity contribution in [3.05, 3.63) is 64.1 Å². The van der Waals surface area contributed by atoms with Gasteiger partial charge in [-0.05, 0) is 37.4 Å². The van der Waals surface area contributed by atoms with Gasteiger partial charge in [0.2, 0.25) is 5.91 Å². The van der Waals surface area contributed by atoms with Crippen LogP contribution in [0.2, 0.25) is 0 Å². The number of benzene rings is 1. The second kappa shape index (κ2) is 7.97. The summed E-state index contributed by atoms with van der Waals surface area (Å²) in [4.78, 5) is 24.1. The number of carbonyl (C=O) groups excluding carboxylic acids is 2.